The van der Waals surface area contributed by atoms with Crippen molar-refractivity contribution in [1.82, 2.24) is 9.55 Å². The van der Waals surface area contributed by atoms with Gasteiger partial charge < -0.3 is 9.32 Å². The summed E-state index contributed by atoms with van der Waals surface area (Å²) in [5, 5.41) is 9.46. The van der Waals surface area contributed by atoms with Gasteiger partial charge in [0, 0.05) is 12.2 Å². The summed E-state index contributed by atoms with van der Waals surface area (Å²) in [6.45, 7) is 2.28. The van der Waals surface area contributed by atoms with Gasteiger partial charge in [0.1, 0.15) is 5.76 Å². The van der Waals surface area contributed by atoms with Crippen LogP contribution < -0.4 is 10.5 Å². The molecule has 0 saturated heterocycles. The number of para-hydroxylation sites is 2. The molecule has 0 aliphatic carbocycles. The van der Waals surface area contributed by atoms with Crippen LogP contribution in [0.4, 0.5) is 5.69 Å². The second-order valence-electron chi connectivity index (χ2n) is 7.38. The average Bonchev–Trinajstić information content (AvgIpc) is 3.35. The highest BCUT2D eigenvalue weighted by Crippen LogP contribution is 2.26. The standard InChI is InChI=1S/C25H22N4O3S/c1-18(23(30)28(15-8-14-26)19-9-3-2-4-10-19)33-25-27-22-13-6-5-12-21(22)24(31)29(25)17-20-11-7-16-32-20/h2-7,9-13,16,18H,8,15,17H2,1H3. The van der Waals surface area contributed by atoms with Gasteiger partial charge in [0.2, 0.25) is 5.91 Å². The molecule has 0 aliphatic heterocycles. The fourth-order valence-corrected chi connectivity index (χ4v) is 4.47. The summed E-state index contributed by atoms with van der Waals surface area (Å²) in [5.41, 5.74) is 1.11. The third-order valence-electron chi connectivity index (χ3n) is 5.13. The smallest absolute Gasteiger partial charge is 0.262 e. The van der Waals surface area contributed by atoms with Gasteiger partial charge in [-0.25, -0.2) is 4.98 Å². The lowest BCUT2D eigenvalue weighted by molar-refractivity contribution is -0.117. The first kappa shape index (κ1) is 22.4. The lowest BCUT2D eigenvalue weighted by atomic mass is 10.2. The minimum atomic E-state index is -0.542. The number of furan rings is 1. The van der Waals surface area contributed by atoms with Crippen molar-refractivity contribution < 1.29 is 9.21 Å². The topological polar surface area (TPSA) is 92.1 Å². The van der Waals surface area contributed by atoms with E-state index in [0.717, 1.165) is 5.69 Å². The van der Waals surface area contributed by atoms with Gasteiger partial charge in [0.05, 0.1) is 41.5 Å². The lowest BCUT2D eigenvalue weighted by Gasteiger charge is -2.25. The number of hydrogen-bond acceptors (Lipinski definition) is 6. The SMILES string of the molecule is CC(Sc1nc2ccccc2c(=O)n1Cc1ccco1)C(=O)N(CCC#N)c1ccccc1. The second-order valence-corrected chi connectivity index (χ2v) is 8.68. The zero-order valence-corrected chi connectivity index (χ0v) is 18.9. The van der Waals surface area contributed by atoms with E-state index in [1.165, 1.54) is 16.3 Å². The lowest BCUT2D eigenvalue weighted by Crippen LogP contribution is -2.37. The minimum absolute atomic E-state index is 0.159. The van der Waals surface area contributed by atoms with E-state index in [0.29, 0.717) is 21.8 Å². The number of nitriles is 1. The van der Waals surface area contributed by atoms with E-state index < -0.39 is 5.25 Å². The van der Waals surface area contributed by atoms with Crippen LogP contribution in [0.3, 0.4) is 0 Å². The minimum Gasteiger partial charge on any atom is -0.467 e. The van der Waals surface area contributed by atoms with Gasteiger partial charge in [-0.2, -0.15) is 5.26 Å². The summed E-state index contributed by atoms with van der Waals surface area (Å²) >= 11 is 1.22. The van der Waals surface area contributed by atoms with Gasteiger partial charge >= 0.3 is 0 Å². The number of aromatic nitrogens is 2. The molecule has 2 aromatic heterocycles. The Morgan fingerprint density at radius 3 is 2.64 bits per heavy atom. The molecule has 0 saturated carbocycles. The molecule has 1 amide bonds. The Morgan fingerprint density at radius 1 is 1.15 bits per heavy atom. The largest absolute Gasteiger partial charge is 0.467 e. The fraction of sp³-hybridized carbons (Fsp3) is 0.200. The van der Waals surface area contributed by atoms with Crippen molar-refractivity contribution in [3.8, 4) is 6.07 Å². The van der Waals surface area contributed by atoms with Gasteiger partial charge in [0.15, 0.2) is 5.16 Å². The van der Waals surface area contributed by atoms with E-state index in [4.69, 9.17) is 14.7 Å². The molecule has 0 N–H and O–H groups in total. The van der Waals surface area contributed by atoms with E-state index in [-0.39, 0.29) is 31.0 Å². The van der Waals surface area contributed by atoms with Gasteiger partial charge in [-0.1, -0.05) is 42.1 Å². The van der Waals surface area contributed by atoms with Crippen LogP contribution in [0.2, 0.25) is 0 Å². The van der Waals surface area contributed by atoms with E-state index in [2.05, 4.69) is 6.07 Å². The van der Waals surface area contributed by atoms with Crippen LogP contribution in [0.25, 0.3) is 10.9 Å². The molecule has 8 heteroatoms. The maximum absolute atomic E-state index is 13.4. The van der Waals surface area contributed by atoms with Crippen LogP contribution in [-0.2, 0) is 11.3 Å². The van der Waals surface area contributed by atoms with Crippen molar-refractivity contribution in [3.05, 3.63) is 89.1 Å². The summed E-state index contributed by atoms with van der Waals surface area (Å²) in [6, 6.07) is 22.1. The Morgan fingerprint density at radius 2 is 1.91 bits per heavy atom. The highest BCUT2D eigenvalue weighted by Gasteiger charge is 2.25. The molecule has 2 aromatic carbocycles. The molecule has 0 spiro atoms. The highest BCUT2D eigenvalue weighted by molar-refractivity contribution is 8.00. The second kappa shape index (κ2) is 10.2. The number of fused-ring (bicyclic) bond motifs is 1. The number of benzene rings is 2. The molecule has 0 aliphatic rings. The van der Waals surface area contributed by atoms with Crippen LogP contribution in [0.15, 0.2) is 87.4 Å². The molecule has 1 unspecified atom stereocenters. The number of hydrogen-bond donors (Lipinski definition) is 0. The Labute approximate surface area is 195 Å². The Hall–Kier alpha value is -3.83. The van der Waals surface area contributed by atoms with Gasteiger partial charge in [-0.3, -0.25) is 14.2 Å². The van der Waals surface area contributed by atoms with Crippen molar-refractivity contribution >= 4 is 34.3 Å². The highest BCUT2D eigenvalue weighted by atomic mass is 32.2. The van der Waals surface area contributed by atoms with Crippen LogP contribution in [0.1, 0.15) is 19.1 Å². The molecule has 166 valence electrons. The maximum Gasteiger partial charge on any atom is 0.262 e. The van der Waals surface area contributed by atoms with E-state index in [1.807, 2.05) is 36.4 Å². The third-order valence-corrected chi connectivity index (χ3v) is 6.21. The molecule has 4 aromatic rings. The molecular weight excluding hydrogens is 436 g/mol. The monoisotopic (exact) mass is 458 g/mol. The number of thioether (sulfide) groups is 1. The normalized spacial score (nSPS) is 11.8. The summed E-state index contributed by atoms with van der Waals surface area (Å²) in [4.78, 5) is 33.0. The molecule has 4 rings (SSSR count). The molecule has 2 heterocycles. The zero-order valence-electron chi connectivity index (χ0n) is 18.0. The van der Waals surface area contributed by atoms with Crippen LogP contribution in [0.5, 0.6) is 0 Å². The van der Waals surface area contributed by atoms with Crippen LogP contribution in [-0.4, -0.2) is 27.3 Å². The summed E-state index contributed by atoms with van der Waals surface area (Å²) < 4.78 is 6.99. The zero-order chi connectivity index (χ0) is 23.2. The van der Waals surface area contributed by atoms with Gasteiger partial charge in [-0.05, 0) is 43.3 Å². The van der Waals surface area contributed by atoms with Crippen LogP contribution >= 0.6 is 11.8 Å². The molecule has 0 fully saturated rings. The van der Waals surface area contributed by atoms with Gasteiger partial charge in [0.25, 0.3) is 5.56 Å². The molecule has 33 heavy (non-hydrogen) atoms. The summed E-state index contributed by atoms with van der Waals surface area (Å²) in [7, 11) is 0. The molecule has 0 radical (unpaired) electrons. The van der Waals surface area contributed by atoms with Crippen molar-refractivity contribution in [2.45, 2.75) is 30.3 Å². The van der Waals surface area contributed by atoms with E-state index in [9.17, 15) is 9.59 Å². The summed E-state index contributed by atoms with van der Waals surface area (Å²) in [6.07, 6.45) is 1.77. The maximum atomic E-state index is 13.4. The molecule has 0 bridgehead atoms. The predicted octanol–water partition coefficient (Wildman–Crippen LogP) is 4.47. The van der Waals surface area contributed by atoms with E-state index in [1.54, 1.807) is 48.4 Å². The quantitative estimate of drug-likeness (QED) is 0.286. The van der Waals surface area contributed by atoms with Crippen LogP contribution in [0, 0.1) is 11.3 Å². The fourth-order valence-electron chi connectivity index (χ4n) is 3.50. The summed E-state index contributed by atoms with van der Waals surface area (Å²) in [5.74, 6) is 0.461. The van der Waals surface area contributed by atoms with Crippen molar-refractivity contribution in [2.75, 3.05) is 11.4 Å². The number of anilines is 1. The van der Waals surface area contributed by atoms with E-state index >= 15 is 0 Å². The Kier molecular flexibility index (Phi) is 6.91. The number of nitrogens with zero attached hydrogens (tertiary/aromatic N) is 4. The van der Waals surface area contributed by atoms with Crippen molar-refractivity contribution in [2.24, 2.45) is 0 Å². The first-order valence-electron chi connectivity index (χ1n) is 10.5. The molecule has 7 nitrogen and oxygen atoms in total. The number of rotatable bonds is 8. The molecule has 1 atom stereocenters. The molecular formula is C25H22N4O3S. The Bertz CT molecular complexity index is 1340. The number of amides is 1. The van der Waals surface area contributed by atoms with Crippen molar-refractivity contribution in [3.63, 3.8) is 0 Å². The van der Waals surface area contributed by atoms with Gasteiger partial charge in [-0.15, -0.1) is 0 Å². The third kappa shape index (κ3) is 4.99. The van der Waals surface area contributed by atoms with Crippen molar-refractivity contribution in [1.29, 1.82) is 5.26 Å². The first-order valence-corrected chi connectivity index (χ1v) is 11.4. The average molecular weight is 459 g/mol. The first-order chi connectivity index (χ1) is 16.1. The number of carbonyl (C=O) groups excluding carboxylic acids is 1. The number of carbonyl (C=O) groups is 1. The predicted molar refractivity (Wildman–Crippen MR) is 128 cm³/mol. The Balaban J connectivity index is 1.68.